The Labute approximate surface area is 129 Å². The minimum absolute atomic E-state index is 0. The van der Waals surface area contributed by atoms with Crippen molar-refractivity contribution in [1.29, 1.82) is 0 Å². The van der Waals surface area contributed by atoms with Crippen LogP contribution in [0.25, 0.3) is 0 Å². The number of hydrogen-bond donors (Lipinski definition) is 3. The lowest BCUT2D eigenvalue weighted by Gasteiger charge is -2.18. The van der Waals surface area contributed by atoms with Crippen molar-refractivity contribution in [2.45, 2.75) is 18.9 Å². The topological polar surface area (TPSA) is 84.2 Å². The standard InChI is InChI=1S/C13H18ClN3O2.ClH/c1-16-6-5-13(19)17-11(8-12(15)18)9-3-2-4-10(14)7-9;/h2-4,7,11,16H,5-6,8H2,1H3,(H2,15,18)(H,17,19);1H/t11-;/m1./s1. The zero-order valence-corrected chi connectivity index (χ0v) is 12.8. The highest BCUT2D eigenvalue weighted by atomic mass is 35.5. The molecule has 2 amide bonds. The Kier molecular flexibility index (Phi) is 8.96. The van der Waals surface area contributed by atoms with Crippen LogP contribution in [-0.4, -0.2) is 25.4 Å². The van der Waals surface area contributed by atoms with Crippen LogP contribution < -0.4 is 16.4 Å². The molecular weight excluding hydrogens is 301 g/mol. The third kappa shape index (κ3) is 6.75. The molecule has 0 heterocycles. The number of hydrogen-bond acceptors (Lipinski definition) is 3. The lowest BCUT2D eigenvalue weighted by molar-refractivity contribution is -0.122. The predicted molar refractivity (Wildman–Crippen MR) is 81.9 cm³/mol. The maximum absolute atomic E-state index is 11.7. The van der Waals surface area contributed by atoms with Crippen LogP contribution in [0.1, 0.15) is 24.4 Å². The van der Waals surface area contributed by atoms with Crippen molar-refractivity contribution in [3.63, 3.8) is 0 Å². The molecule has 1 atom stereocenters. The summed E-state index contributed by atoms with van der Waals surface area (Å²) < 4.78 is 0. The molecule has 5 nitrogen and oxygen atoms in total. The van der Waals surface area contributed by atoms with Crippen LogP contribution in [0.3, 0.4) is 0 Å². The number of benzene rings is 1. The number of carbonyl (C=O) groups excluding carboxylic acids is 2. The molecule has 7 heteroatoms. The summed E-state index contributed by atoms with van der Waals surface area (Å²) in [5, 5.41) is 6.23. The number of nitrogens with two attached hydrogens (primary N) is 1. The van der Waals surface area contributed by atoms with E-state index in [2.05, 4.69) is 10.6 Å². The first kappa shape index (κ1) is 18.7. The molecule has 0 aliphatic rings. The molecule has 1 aromatic rings. The predicted octanol–water partition coefficient (Wildman–Crippen LogP) is 1.40. The molecule has 0 bridgehead atoms. The number of carbonyl (C=O) groups is 2. The highest BCUT2D eigenvalue weighted by molar-refractivity contribution is 6.30. The van der Waals surface area contributed by atoms with Crippen molar-refractivity contribution in [1.82, 2.24) is 10.6 Å². The largest absolute Gasteiger partial charge is 0.370 e. The van der Waals surface area contributed by atoms with Gasteiger partial charge in [-0.05, 0) is 24.7 Å². The first-order chi connectivity index (χ1) is 9.02. The van der Waals surface area contributed by atoms with Crippen LogP contribution in [-0.2, 0) is 9.59 Å². The van der Waals surface area contributed by atoms with Crippen LogP contribution in [0.2, 0.25) is 5.02 Å². The van der Waals surface area contributed by atoms with E-state index in [1.54, 1.807) is 31.3 Å². The van der Waals surface area contributed by atoms with E-state index in [0.29, 0.717) is 18.0 Å². The van der Waals surface area contributed by atoms with E-state index in [1.165, 1.54) is 0 Å². The Bertz CT molecular complexity index is 455. The van der Waals surface area contributed by atoms with Crippen LogP contribution in [0.15, 0.2) is 24.3 Å². The second-order valence-electron chi connectivity index (χ2n) is 4.20. The normalized spacial score (nSPS) is 11.3. The summed E-state index contributed by atoms with van der Waals surface area (Å²) >= 11 is 5.91. The molecule has 0 saturated heterocycles. The third-order valence-corrected chi connectivity index (χ3v) is 2.83. The van der Waals surface area contributed by atoms with Gasteiger partial charge in [0.2, 0.25) is 11.8 Å². The van der Waals surface area contributed by atoms with Crippen molar-refractivity contribution in [3.8, 4) is 0 Å². The zero-order valence-electron chi connectivity index (χ0n) is 11.2. The summed E-state index contributed by atoms with van der Waals surface area (Å²) in [7, 11) is 1.77. The van der Waals surface area contributed by atoms with Gasteiger partial charge in [-0.15, -0.1) is 12.4 Å². The van der Waals surface area contributed by atoms with Crippen LogP contribution in [0.4, 0.5) is 0 Å². The maximum atomic E-state index is 11.7. The highest BCUT2D eigenvalue weighted by Crippen LogP contribution is 2.20. The minimum atomic E-state index is -0.473. The number of nitrogens with one attached hydrogen (secondary N) is 2. The average molecular weight is 320 g/mol. The Morgan fingerprint density at radius 2 is 2.10 bits per heavy atom. The fourth-order valence-electron chi connectivity index (χ4n) is 1.68. The zero-order chi connectivity index (χ0) is 14.3. The summed E-state index contributed by atoms with van der Waals surface area (Å²) in [6.07, 6.45) is 0.387. The van der Waals surface area contributed by atoms with E-state index in [-0.39, 0.29) is 24.7 Å². The molecule has 0 unspecified atom stereocenters. The SMILES string of the molecule is CNCCC(=O)N[C@H](CC(N)=O)c1cccc(Cl)c1.Cl. The molecule has 0 fully saturated rings. The summed E-state index contributed by atoms with van der Waals surface area (Å²) in [6, 6.07) is 6.58. The summed E-state index contributed by atoms with van der Waals surface area (Å²) in [5.41, 5.74) is 5.98. The van der Waals surface area contributed by atoms with E-state index in [4.69, 9.17) is 17.3 Å². The van der Waals surface area contributed by atoms with Crippen molar-refractivity contribution < 1.29 is 9.59 Å². The van der Waals surface area contributed by atoms with Gasteiger partial charge in [0.1, 0.15) is 0 Å². The van der Waals surface area contributed by atoms with Crippen molar-refractivity contribution in [2.75, 3.05) is 13.6 Å². The Balaban J connectivity index is 0.00000361. The van der Waals surface area contributed by atoms with E-state index in [0.717, 1.165) is 5.56 Å². The number of primary amides is 1. The van der Waals surface area contributed by atoms with Gasteiger partial charge in [0.15, 0.2) is 0 Å². The van der Waals surface area contributed by atoms with Gasteiger partial charge >= 0.3 is 0 Å². The molecule has 20 heavy (non-hydrogen) atoms. The van der Waals surface area contributed by atoms with Gasteiger partial charge in [0, 0.05) is 18.0 Å². The summed E-state index contributed by atoms with van der Waals surface area (Å²) in [6.45, 7) is 0.574. The summed E-state index contributed by atoms with van der Waals surface area (Å²) in [5.74, 6) is -0.612. The Morgan fingerprint density at radius 3 is 2.65 bits per heavy atom. The highest BCUT2D eigenvalue weighted by Gasteiger charge is 2.17. The van der Waals surface area contributed by atoms with Crippen molar-refractivity contribution >= 4 is 35.8 Å². The second-order valence-corrected chi connectivity index (χ2v) is 4.64. The van der Waals surface area contributed by atoms with Gasteiger partial charge in [0.25, 0.3) is 0 Å². The molecule has 112 valence electrons. The monoisotopic (exact) mass is 319 g/mol. The lowest BCUT2D eigenvalue weighted by atomic mass is 10.0. The first-order valence-electron chi connectivity index (χ1n) is 6.00. The molecule has 0 saturated carbocycles. The van der Waals surface area contributed by atoms with Crippen LogP contribution >= 0.6 is 24.0 Å². The van der Waals surface area contributed by atoms with Crippen LogP contribution in [0.5, 0.6) is 0 Å². The van der Waals surface area contributed by atoms with E-state index in [9.17, 15) is 9.59 Å². The Hall–Kier alpha value is -1.30. The molecule has 1 aromatic carbocycles. The summed E-state index contributed by atoms with van der Waals surface area (Å²) in [4.78, 5) is 22.8. The first-order valence-corrected chi connectivity index (χ1v) is 6.38. The van der Waals surface area contributed by atoms with E-state index < -0.39 is 11.9 Å². The van der Waals surface area contributed by atoms with Crippen molar-refractivity contribution in [3.05, 3.63) is 34.9 Å². The smallest absolute Gasteiger partial charge is 0.221 e. The fourth-order valence-corrected chi connectivity index (χ4v) is 1.88. The van der Waals surface area contributed by atoms with Gasteiger partial charge in [-0.2, -0.15) is 0 Å². The fraction of sp³-hybridized carbons (Fsp3) is 0.385. The molecule has 0 aromatic heterocycles. The number of rotatable bonds is 7. The molecular formula is C13H19Cl2N3O2. The van der Waals surface area contributed by atoms with Crippen LogP contribution in [0, 0.1) is 0 Å². The number of amides is 2. The minimum Gasteiger partial charge on any atom is -0.370 e. The molecule has 0 spiro atoms. The second kappa shape index (κ2) is 9.58. The van der Waals surface area contributed by atoms with E-state index in [1.807, 2.05) is 0 Å². The van der Waals surface area contributed by atoms with Gasteiger partial charge in [-0.3, -0.25) is 9.59 Å². The molecule has 0 aliphatic carbocycles. The Morgan fingerprint density at radius 1 is 1.40 bits per heavy atom. The van der Waals surface area contributed by atoms with Gasteiger partial charge in [0.05, 0.1) is 12.5 Å². The van der Waals surface area contributed by atoms with Crippen molar-refractivity contribution in [2.24, 2.45) is 5.73 Å². The van der Waals surface area contributed by atoms with Gasteiger partial charge < -0.3 is 16.4 Å². The molecule has 4 N–H and O–H groups in total. The van der Waals surface area contributed by atoms with Gasteiger partial charge in [-0.1, -0.05) is 23.7 Å². The molecule has 0 radical (unpaired) electrons. The number of halogens is 2. The molecule has 1 rings (SSSR count). The van der Waals surface area contributed by atoms with E-state index >= 15 is 0 Å². The average Bonchev–Trinajstić information content (AvgIpc) is 2.35. The quantitative estimate of drug-likeness (QED) is 0.710. The third-order valence-electron chi connectivity index (χ3n) is 2.59. The lowest BCUT2D eigenvalue weighted by Crippen LogP contribution is -2.33. The van der Waals surface area contributed by atoms with Gasteiger partial charge in [-0.25, -0.2) is 0 Å². The maximum Gasteiger partial charge on any atom is 0.221 e. The molecule has 0 aliphatic heterocycles.